The molecule has 3 rings (SSSR count). The maximum Gasteiger partial charge on any atom is 0.130 e. The van der Waals surface area contributed by atoms with Gasteiger partial charge < -0.3 is 5.32 Å². The quantitative estimate of drug-likeness (QED) is 0.739. The summed E-state index contributed by atoms with van der Waals surface area (Å²) < 4.78 is 0.978. The number of fused-ring (bicyclic) bond motifs is 1. The normalized spacial score (nSPS) is 10.5. The summed E-state index contributed by atoms with van der Waals surface area (Å²) in [5, 5.41) is 5.76. The molecule has 0 aliphatic heterocycles. The Kier molecular flexibility index (Phi) is 2.99. The predicted octanol–water partition coefficient (Wildman–Crippen LogP) is 4.74. The molecule has 0 unspecified atom stereocenters. The lowest BCUT2D eigenvalue weighted by atomic mass is 10.1. The smallest absolute Gasteiger partial charge is 0.130 e. The van der Waals surface area contributed by atoms with Crippen molar-refractivity contribution in [3.8, 4) is 0 Å². The molecule has 1 aromatic heterocycles. The number of rotatable bonds is 2. The first-order valence-electron chi connectivity index (χ1n) is 5.69. The molecule has 0 aliphatic rings. The molecule has 3 aromatic rings. The summed E-state index contributed by atoms with van der Waals surface area (Å²) in [6.07, 6.45) is 1.79. The maximum atomic E-state index is 4.32. The van der Waals surface area contributed by atoms with Gasteiger partial charge in [-0.15, -0.1) is 0 Å². The number of halogens is 1. The third-order valence-electron chi connectivity index (χ3n) is 2.78. The lowest BCUT2D eigenvalue weighted by Gasteiger charge is -2.08. The van der Waals surface area contributed by atoms with E-state index in [2.05, 4.69) is 50.5 Å². The van der Waals surface area contributed by atoms with Crippen molar-refractivity contribution in [3.05, 3.63) is 65.3 Å². The number of nitrogens with one attached hydrogen (secondary N) is 1. The fraction of sp³-hybridized carbons (Fsp3) is 0. The molecule has 0 saturated heterocycles. The Morgan fingerprint density at radius 1 is 0.889 bits per heavy atom. The van der Waals surface area contributed by atoms with E-state index in [1.54, 1.807) is 6.20 Å². The second-order valence-corrected chi connectivity index (χ2v) is 4.93. The number of pyridine rings is 1. The molecular formula is C15H11BrN2. The number of hydrogen-bond donors (Lipinski definition) is 1. The largest absolute Gasteiger partial charge is 0.340 e. The highest BCUT2D eigenvalue weighted by molar-refractivity contribution is 9.10. The molecule has 1 heterocycles. The second kappa shape index (κ2) is 4.78. The molecule has 88 valence electrons. The van der Waals surface area contributed by atoms with Gasteiger partial charge in [0.2, 0.25) is 0 Å². The van der Waals surface area contributed by atoms with Crippen LogP contribution in [0.15, 0.2) is 65.3 Å². The van der Waals surface area contributed by atoms with Crippen molar-refractivity contribution in [1.29, 1.82) is 0 Å². The average Bonchev–Trinajstić information content (AvgIpc) is 2.42. The molecule has 0 fully saturated rings. The van der Waals surface area contributed by atoms with Crippen LogP contribution in [0.1, 0.15) is 0 Å². The van der Waals surface area contributed by atoms with Crippen molar-refractivity contribution >= 4 is 38.2 Å². The van der Waals surface area contributed by atoms with Crippen molar-refractivity contribution in [2.45, 2.75) is 0 Å². The third-order valence-corrected chi connectivity index (χ3v) is 3.25. The number of anilines is 2. The number of benzene rings is 2. The zero-order valence-electron chi connectivity index (χ0n) is 9.60. The highest BCUT2D eigenvalue weighted by Gasteiger charge is 2.01. The van der Waals surface area contributed by atoms with Gasteiger partial charge in [0.05, 0.1) is 0 Å². The average molecular weight is 299 g/mol. The molecule has 2 nitrogen and oxygen atoms in total. The Hall–Kier alpha value is -1.87. The number of nitrogens with zero attached hydrogens (tertiary/aromatic N) is 1. The van der Waals surface area contributed by atoms with Gasteiger partial charge in [-0.3, -0.25) is 0 Å². The molecule has 2 aromatic carbocycles. The van der Waals surface area contributed by atoms with Gasteiger partial charge in [-0.05, 0) is 39.5 Å². The summed E-state index contributed by atoms with van der Waals surface area (Å²) in [4.78, 5) is 4.32. The molecular weight excluding hydrogens is 288 g/mol. The van der Waals surface area contributed by atoms with Crippen molar-refractivity contribution in [2.75, 3.05) is 5.32 Å². The molecule has 0 aliphatic carbocycles. The Morgan fingerprint density at radius 3 is 2.56 bits per heavy atom. The van der Waals surface area contributed by atoms with E-state index >= 15 is 0 Å². The van der Waals surface area contributed by atoms with E-state index in [4.69, 9.17) is 0 Å². The standard InChI is InChI=1S/C15H11BrN2/c16-12-8-9-15(17-10-12)18-14-7-3-5-11-4-1-2-6-13(11)14/h1-10H,(H,17,18). The topological polar surface area (TPSA) is 24.9 Å². The van der Waals surface area contributed by atoms with Crippen molar-refractivity contribution in [2.24, 2.45) is 0 Å². The molecule has 0 amide bonds. The van der Waals surface area contributed by atoms with Crippen molar-refractivity contribution in [3.63, 3.8) is 0 Å². The Labute approximate surface area is 114 Å². The highest BCUT2D eigenvalue weighted by atomic mass is 79.9. The monoisotopic (exact) mass is 298 g/mol. The zero-order valence-corrected chi connectivity index (χ0v) is 11.2. The molecule has 0 bridgehead atoms. The van der Waals surface area contributed by atoms with Crippen LogP contribution in [-0.4, -0.2) is 4.98 Å². The summed E-state index contributed by atoms with van der Waals surface area (Å²) in [6.45, 7) is 0. The van der Waals surface area contributed by atoms with Crippen LogP contribution in [0.3, 0.4) is 0 Å². The summed E-state index contributed by atoms with van der Waals surface area (Å²) in [5.74, 6) is 0.842. The van der Waals surface area contributed by atoms with Gasteiger partial charge in [0.25, 0.3) is 0 Å². The van der Waals surface area contributed by atoms with Crippen LogP contribution in [0, 0.1) is 0 Å². The molecule has 0 saturated carbocycles. The maximum absolute atomic E-state index is 4.32. The first kappa shape index (κ1) is 11.2. The Morgan fingerprint density at radius 2 is 1.72 bits per heavy atom. The molecule has 3 heteroatoms. The first-order chi connectivity index (χ1) is 8.83. The number of hydrogen-bond acceptors (Lipinski definition) is 2. The summed E-state index contributed by atoms with van der Waals surface area (Å²) in [5.41, 5.74) is 1.07. The van der Waals surface area contributed by atoms with Gasteiger partial charge in [-0.25, -0.2) is 4.98 Å². The fourth-order valence-electron chi connectivity index (χ4n) is 1.92. The van der Waals surface area contributed by atoms with Crippen LogP contribution >= 0.6 is 15.9 Å². The van der Waals surface area contributed by atoms with Crippen molar-refractivity contribution < 1.29 is 0 Å². The lowest BCUT2D eigenvalue weighted by molar-refractivity contribution is 1.30. The minimum atomic E-state index is 0.842. The molecule has 0 atom stereocenters. The molecule has 0 radical (unpaired) electrons. The van der Waals surface area contributed by atoms with Crippen LogP contribution < -0.4 is 5.32 Å². The molecule has 0 spiro atoms. The van der Waals surface area contributed by atoms with Crippen LogP contribution in [0.25, 0.3) is 10.8 Å². The minimum Gasteiger partial charge on any atom is -0.340 e. The van der Waals surface area contributed by atoms with E-state index in [0.717, 1.165) is 16.0 Å². The van der Waals surface area contributed by atoms with E-state index in [1.165, 1.54) is 10.8 Å². The SMILES string of the molecule is Brc1ccc(Nc2cccc3ccccc23)nc1. The minimum absolute atomic E-state index is 0.842. The predicted molar refractivity (Wildman–Crippen MR) is 79.2 cm³/mol. The Bertz CT molecular complexity index is 672. The van der Waals surface area contributed by atoms with Gasteiger partial charge in [-0.1, -0.05) is 36.4 Å². The zero-order chi connectivity index (χ0) is 12.4. The van der Waals surface area contributed by atoms with Gasteiger partial charge in [0.15, 0.2) is 0 Å². The van der Waals surface area contributed by atoms with Crippen LogP contribution in [0.5, 0.6) is 0 Å². The molecule has 1 N–H and O–H groups in total. The van der Waals surface area contributed by atoms with Gasteiger partial charge in [0, 0.05) is 21.7 Å². The van der Waals surface area contributed by atoms with Crippen LogP contribution in [0.2, 0.25) is 0 Å². The fourth-order valence-corrected chi connectivity index (χ4v) is 2.16. The number of aromatic nitrogens is 1. The van der Waals surface area contributed by atoms with E-state index < -0.39 is 0 Å². The first-order valence-corrected chi connectivity index (χ1v) is 6.48. The highest BCUT2D eigenvalue weighted by Crippen LogP contribution is 2.25. The van der Waals surface area contributed by atoms with E-state index in [0.29, 0.717) is 0 Å². The lowest BCUT2D eigenvalue weighted by Crippen LogP contribution is -1.93. The molecule has 18 heavy (non-hydrogen) atoms. The van der Waals surface area contributed by atoms with Gasteiger partial charge in [0.1, 0.15) is 5.82 Å². The van der Waals surface area contributed by atoms with E-state index in [9.17, 15) is 0 Å². The van der Waals surface area contributed by atoms with Crippen LogP contribution in [-0.2, 0) is 0 Å². The van der Waals surface area contributed by atoms with Crippen LogP contribution in [0.4, 0.5) is 11.5 Å². The van der Waals surface area contributed by atoms with E-state index in [1.807, 2.05) is 30.3 Å². The second-order valence-electron chi connectivity index (χ2n) is 4.01. The van der Waals surface area contributed by atoms with Gasteiger partial charge in [-0.2, -0.15) is 0 Å². The third kappa shape index (κ3) is 2.22. The summed E-state index contributed by atoms with van der Waals surface area (Å²) in [7, 11) is 0. The van der Waals surface area contributed by atoms with E-state index in [-0.39, 0.29) is 0 Å². The van der Waals surface area contributed by atoms with Gasteiger partial charge >= 0.3 is 0 Å². The summed E-state index contributed by atoms with van der Waals surface area (Å²) in [6, 6.07) is 18.4. The Balaban J connectivity index is 2.02. The summed E-state index contributed by atoms with van der Waals surface area (Å²) >= 11 is 3.38. The van der Waals surface area contributed by atoms with Crippen molar-refractivity contribution in [1.82, 2.24) is 4.98 Å².